The third-order valence-corrected chi connectivity index (χ3v) is 4.04. The van der Waals surface area contributed by atoms with Gasteiger partial charge in [0.2, 0.25) is 0 Å². The Balaban J connectivity index is 2.01. The molecule has 0 atom stereocenters. The third kappa shape index (κ3) is 3.55. The van der Waals surface area contributed by atoms with Crippen molar-refractivity contribution in [1.82, 2.24) is 15.3 Å². The van der Waals surface area contributed by atoms with Crippen molar-refractivity contribution < 1.29 is 4.79 Å². The predicted molar refractivity (Wildman–Crippen MR) is 91.6 cm³/mol. The molecule has 0 unspecified atom stereocenters. The molecule has 1 heterocycles. The number of nitrogens with one attached hydrogen (secondary N) is 1. The molecule has 1 aromatic carbocycles. The SMILES string of the molecule is CC(C)(C#N)NC(=O)c1cnc(C2CC2)c(-c2cccc(Cl)c2)n1. The standard InChI is InChI=1S/C18H17ClN4O/c1-18(2,10-20)23-17(24)14-9-21-15(11-6-7-11)16(22-14)12-4-3-5-13(19)8-12/h3-5,8-9,11H,6-7H2,1-2H3,(H,23,24). The van der Waals surface area contributed by atoms with Gasteiger partial charge < -0.3 is 5.32 Å². The van der Waals surface area contributed by atoms with Crippen LogP contribution in [0.3, 0.4) is 0 Å². The Morgan fingerprint density at radius 3 is 2.79 bits per heavy atom. The summed E-state index contributed by atoms with van der Waals surface area (Å²) >= 11 is 6.09. The Hall–Kier alpha value is -2.45. The van der Waals surface area contributed by atoms with E-state index >= 15 is 0 Å². The van der Waals surface area contributed by atoms with E-state index < -0.39 is 11.4 Å². The second kappa shape index (κ2) is 6.21. The lowest BCUT2D eigenvalue weighted by molar-refractivity contribution is 0.0924. The monoisotopic (exact) mass is 340 g/mol. The molecule has 24 heavy (non-hydrogen) atoms. The van der Waals surface area contributed by atoms with E-state index in [-0.39, 0.29) is 5.69 Å². The highest BCUT2D eigenvalue weighted by Gasteiger charge is 2.30. The van der Waals surface area contributed by atoms with Gasteiger partial charge in [0.25, 0.3) is 5.91 Å². The Morgan fingerprint density at radius 2 is 2.17 bits per heavy atom. The van der Waals surface area contributed by atoms with Crippen molar-refractivity contribution in [2.24, 2.45) is 0 Å². The number of nitrogens with zero attached hydrogens (tertiary/aromatic N) is 3. The van der Waals surface area contributed by atoms with Crippen LogP contribution in [0.5, 0.6) is 0 Å². The highest BCUT2D eigenvalue weighted by atomic mass is 35.5. The summed E-state index contributed by atoms with van der Waals surface area (Å²) in [5, 5.41) is 12.3. The average Bonchev–Trinajstić information content (AvgIpc) is 3.39. The largest absolute Gasteiger partial charge is 0.333 e. The second-order valence-electron chi connectivity index (χ2n) is 6.46. The normalized spacial score (nSPS) is 14.1. The van der Waals surface area contributed by atoms with Crippen LogP contribution in [0.1, 0.15) is 48.8 Å². The number of hydrogen-bond donors (Lipinski definition) is 1. The van der Waals surface area contributed by atoms with Gasteiger partial charge in [0, 0.05) is 16.5 Å². The molecule has 0 aliphatic heterocycles. The van der Waals surface area contributed by atoms with Gasteiger partial charge in [-0.15, -0.1) is 0 Å². The van der Waals surface area contributed by atoms with Gasteiger partial charge in [-0.25, -0.2) is 4.98 Å². The van der Waals surface area contributed by atoms with Gasteiger partial charge in [-0.3, -0.25) is 9.78 Å². The molecule has 1 aliphatic carbocycles. The molecule has 1 saturated carbocycles. The maximum atomic E-state index is 12.4. The fourth-order valence-electron chi connectivity index (χ4n) is 2.39. The molecule has 122 valence electrons. The number of hydrogen-bond acceptors (Lipinski definition) is 4. The van der Waals surface area contributed by atoms with Crippen LogP contribution in [0.15, 0.2) is 30.5 Å². The Morgan fingerprint density at radius 1 is 1.42 bits per heavy atom. The predicted octanol–water partition coefficient (Wildman–Crippen LogP) is 3.71. The topological polar surface area (TPSA) is 78.7 Å². The van der Waals surface area contributed by atoms with E-state index in [0.29, 0.717) is 16.6 Å². The van der Waals surface area contributed by atoms with E-state index in [9.17, 15) is 4.79 Å². The average molecular weight is 341 g/mol. The van der Waals surface area contributed by atoms with Crippen molar-refractivity contribution in [1.29, 1.82) is 5.26 Å². The quantitative estimate of drug-likeness (QED) is 0.920. The van der Waals surface area contributed by atoms with Gasteiger partial charge in [-0.05, 0) is 38.8 Å². The molecule has 1 amide bonds. The van der Waals surface area contributed by atoms with Crippen LogP contribution in [0.4, 0.5) is 0 Å². The minimum atomic E-state index is -0.968. The van der Waals surface area contributed by atoms with E-state index in [2.05, 4.69) is 15.3 Å². The Bertz CT molecular complexity index is 837. The number of nitriles is 1. The molecular formula is C18H17ClN4O. The first kappa shape index (κ1) is 16.4. The summed E-state index contributed by atoms with van der Waals surface area (Å²) in [6.07, 6.45) is 3.63. The van der Waals surface area contributed by atoms with Gasteiger partial charge in [0.15, 0.2) is 0 Å². The summed E-state index contributed by atoms with van der Waals surface area (Å²) in [6.45, 7) is 3.27. The molecule has 1 N–H and O–H groups in total. The highest BCUT2D eigenvalue weighted by Crippen LogP contribution is 2.42. The van der Waals surface area contributed by atoms with Gasteiger partial charge in [0.05, 0.1) is 23.7 Å². The smallest absolute Gasteiger partial charge is 0.272 e. The zero-order chi connectivity index (χ0) is 17.3. The lowest BCUT2D eigenvalue weighted by atomic mass is 10.1. The summed E-state index contributed by atoms with van der Waals surface area (Å²) in [4.78, 5) is 21.4. The Labute approximate surface area is 145 Å². The minimum absolute atomic E-state index is 0.192. The molecule has 5 nitrogen and oxygen atoms in total. The number of aromatic nitrogens is 2. The molecule has 6 heteroatoms. The number of amides is 1. The summed E-state index contributed by atoms with van der Waals surface area (Å²) in [5.41, 5.74) is 1.64. The first-order valence-corrected chi connectivity index (χ1v) is 8.14. The zero-order valence-electron chi connectivity index (χ0n) is 13.5. The number of halogens is 1. The molecule has 2 aromatic rings. The van der Waals surface area contributed by atoms with Gasteiger partial charge in [-0.2, -0.15) is 5.26 Å². The number of carbonyl (C=O) groups is 1. The first-order chi connectivity index (χ1) is 11.4. The molecule has 1 aliphatic rings. The number of rotatable bonds is 4. The molecular weight excluding hydrogens is 324 g/mol. The fraction of sp³-hybridized carbons (Fsp3) is 0.333. The van der Waals surface area contributed by atoms with Crippen LogP contribution in [0.25, 0.3) is 11.3 Å². The van der Waals surface area contributed by atoms with Gasteiger partial charge in [-0.1, -0.05) is 23.7 Å². The summed E-state index contributed by atoms with van der Waals surface area (Å²) in [7, 11) is 0. The third-order valence-electron chi connectivity index (χ3n) is 3.80. The van der Waals surface area contributed by atoms with Crippen molar-refractivity contribution in [3.63, 3.8) is 0 Å². The lowest BCUT2D eigenvalue weighted by Crippen LogP contribution is -2.42. The van der Waals surface area contributed by atoms with Crippen molar-refractivity contribution >= 4 is 17.5 Å². The van der Waals surface area contributed by atoms with Gasteiger partial charge >= 0.3 is 0 Å². The van der Waals surface area contributed by atoms with E-state index in [1.165, 1.54) is 6.20 Å². The maximum Gasteiger partial charge on any atom is 0.272 e. The molecule has 0 spiro atoms. The molecule has 0 saturated heterocycles. The molecule has 1 aromatic heterocycles. The van der Waals surface area contributed by atoms with Crippen LogP contribution in [-0.2, 0) is 0 Å². The zero-order valence-corrected chi connectivity index (χ0v) is 14.3. The van der Waals surface area contributed by atoms with Crippen molar-refractivity contribution in [2.75, 3.05) is 0 Å². The van der Waals surface area contributed by atoms with Crippen molar-refractivity contribution in [3.05, 3.63) is 46.9 Å². The molecule has 1 fully saturated rings. The minimum Gasteiger partial charge on any atom is -0.333 e. The Kier molecular flexibility index (Phi) is 4.25. The van der Waals surface area contributed by atoms with Crippen LogP contribution < -0.4 is 5.32 Å². The molecule has 0 radical (unpaired) electrons. The van der Waals surface area contributed by atoms with Crippen molar-refractivity contribution in [3.8, 4) is 17.3 Å². The number of carbonyl (C=O) groups excluding carboxylic acids is 1. The summed E-state index contributed by atoms with van der Waals surface area (Å²) < 4.78 is 0. The van der Waals surface area contributed by atoms with Gasteiger partial charge in [0.1, 0.15) is 11.2 Å². The molecule has 0 bridgehead atoms. The highest BCUT2D eigenvalue weighted by molar-refractivity contribution is 6.30. The first-order valence-electron chi connectivity index (χ1n) is 7.76. The van der Waals surface area contributed by atoms with Crippen molar-refractivity contribution in [2.45, 2.75) is 38.1 Å². The maximum absolute atomic E-state index is 12.4. The van der Waals surface area contributed by atoms with E-state index in [1.54, 1.807) is 19.9 Å². The summed E-state index contributed by atoms with van der Waals surface area (Å²) in [5.74, 6) is -0.0289. The second-order valence-corrected chi connectivity index (χ2v) is 6.90. The number of benzene rings is 1. The van der Waals surface area contributed by atoms with Crippen LogP contribution in [0.2, 0.25) is 5.02 Å². The lowest BCUT2D eigenvalue weighted by Gasteiger charge is -2.17. The van der Waals surface area contributed by atoms with E-state index in [1.807, 2.05) is 24.3 Å². The van der Waals surface area contributed by atoms with Crippen LogP contribution >= 0.6 is 11.6 Å². The summed E-state index contributed by atoms with van der Waals surface area (Å²) in [6, 6.07) is 9.40. The molecule has 3 rings (SSSR count). The van der Waals surface area contributed by atoms with Crippen LogP contribution in [-0.4, -0.2) is 21.4 Å². The van der Waals surface area contributed by atoms with Crippen LogP contribution in [0, 0.1) is 11.3 Å². The van der Waals surface area contributed by atoms with E-state index in [4.69, 9.17) is 16.9 Å². The van der Waals surface area contributed by atoms with E-state index in [0.717, 1.165) is 24.1 Å². The fourth-order valence-corrected chi connectivity index (χ4v) is 2.58.